The van der Waals surface area contributed by atoms with E-state index in [2.05, 4.69) is 64.7 Å². The summed E-state index contributed by atoms with van der Waals surface area (Å²) in [5.74, 6) is -0.465. The Morgan fingerprint density at radius 3 is 2.21 bits per heavy atom. The van der Waals surface area contributed by atoms with Gasteiger partial charge in [-0.05, 0) is 90.2 Å². The molecule has 0 radical (unpaired) electrons. The Bertz CT molecular complexity index is 2170. The lowest BCUT2D eigenvalue weighted by Gasteiger charge is -2.39. The summed E-state index contributed by atoms with van der Waals surface area (Å²) in [7, 11) is -7.02. The van der Waals surface area contributed by atoms with Crippen LogP contribution in [0.5, 0.6) is 0 Å². The van der Waals surface area contributed by atoms with Gasteiger partial charge in [0, 0.05) is 35.4 Å². The van der Waals surface area contributed by atoms with Crippen LogP contribution in [0.1, 0.15) is 86.2 Å². The minimum atomic E-state index is -4.21. The van der Waals surface area contributed by atoms with Crippen molar-refractivity contribution in [1.82, 2.24) is 40.0 Å². The lowest BCUT2D eigenvalue weighted by atomic mass is 10.1. The number of rotatable bonds is 25. The highest BCUT2D eigenvalue weighted by Gasteiger charge is 2.59. The van der Waals surface area contributed by atoms with E-state index < -0.39 is 71.1 Å². The standard InChI is InChI=1S/C43H75ClN9O12PSi2/c1-14-60-66(55,61-15-2)43(27-56-20-22-67(8,9)10,28-58-26-33-48-50-51(49-33)29-57-21-23-68(11,12)13)59-25-32-34-35(64-42(6,7)63-34)38(62-32)53-37-31(24-45-53)36(46-39(44)47-37)52(30-18-16-17-19-30)40(54)65-41(3,4)5/h24,30,32,34-35,38H,14-23,25-29H2,1-13H3/t32-,34-,35-,38-,43?/m1/s1. The van der Waals surface area contributed by atoms with Gasteiger partial charge in [-0.25, -0.2) is 9.48 Å². The van der Waals surface area contributed by atoms with E-state index in [9.17, 15) is 4.79 Å². The predicted molar refractivity (Wildman–Crippen MR) is 259 cm³/mol. The molecule has 3 aromatic rings. The van der Waals surface area contributed by atoms with Gasteiger partial charge < -0.3 is 46.9 Å². The molecule has 384 valence electrons. The molecule has 5 atom stereocenters. The molecule has 1 amide bonds. The number of ether oxygens (including phenoxy) is 8. The maximum absolute atomic E-state index is 15.2. The summed E-state index contributed by atoms with van der Waals surface area (Å²) < 4.78 is 79.8. The predicted octanol–water partition coefficient (Wildman–Crippen LogP) is 8.43. The fourth-order valence-corrected chi connectivity index (χ4v) is 11.8. The van der Waals surface area contributed by atoms with Crippen LogP contribution in [-0.4, -0.2) is 150 Å². The number of hydrogen-bond acceptors (Lipinski definition) is 18. The second-order valence-electron chi connectivity index (χ2n) is 21.4. The van der Waals surface area contributed by atoms with E-state index in [0.29, 0.717) is 24.2 Å². The van der Waals surface area contributed by atoms with Crippen LogP contribution in [0, 0.1) is 0 Å². The van der Waals surface area contributed by atoms with Gasteiger partial charge in [0.25, 0.3) is 0 Å². The molecule has 1 saturated carbocycles. The molecule has 2 aliphatic heterocycles. The molecule has 0 N–H and O–H groups in total. The molecule has 3 aromatic heterocycles. The van der Waals surface area contributed by atoms with Crippen LogP contribution >= 0.6 is 19.2 Å². The first kappa shape index (κ1) is 54.8. The molecule has 0 bridgehead atoms. The number of carbonyl (C=O) groups is 1. The highest BCUT2D eigenvalue weighted by molar-refractivity contribution is 7.55. The molecular formula is C43H75ClN9O12PSi2. The van der Waals surface area contributed by atoms with Gasteiger partial charge in [-0.2, -0.15) is 15.1 Å². The van der Waals surface area contributed by atoms with E-state index in [4.69, 9.17) is 63.6 Å². The fraction of sp³-hybridized carbons (Fsp3) is 0.837. The summed E-state index contributed by atoms with van der Waals surface area (Å²) in [6.07, 6.45) is 1.32. The molecule has 3 aliphatic rings. The molecule has 21 nitrogen and oxygen atoms in total. The number of nitrogens with zero attached hydrogens (tertiary/aromatic N) is 9. The number of fused-ring (bicyclic) bond motifs is 2. The summed E-state index contributed by atoms with van der Waals surface area (Å²) in [5.41, 5.74) is -0.446. The van der Waals surface area contributed by atoms with Crippen molar-refractivity contribution in [3.63, 3.8) is 0 Å². The van der Waals surface area contributed by atoms with Crippen LogP contribution in [0.25, 0.3) is 11.0 Å². The Labute approximate surface area is 407 Å². The largest absolute Gasteiger partial charge is 0.443 e. The van der Waals surface area contributed by atoms with Gasteiger partial charge in [-0.1, -0.05) is 52.1 Å². The topological polar surface area (TPSA) is 217 Å². The van der Waals surface area contributed by atoms with Gasteiger partial charge in [-0.15, -0.1) is 15.0 Å². The zero-order valence-electron chi connectivity index (χ0n) is 42.3. The maximum Gasteiger partial charge on any atom is 0.416 e. The molecule has 0 aromatic carbocycles. The number of halogens is 1. The van der Waals surface area contributed by atoms with Gasteiger partial charge in [-0.3, -0.25) is 9.46 Å². The quantitative estimate of drug-likeness (QED) is 0.0337. The number of anilines is 1. The van der Waals surface area contributed by atoms with Crippen molar-refractivity contribution < 1.29 is 56.3 Å². The van der Waals surface area contributed by atoms with E-state index in [-0.39, 0.29) is 69.3 Å². The van der Waals surface area contributed by atoms with Gasteiger partial charge in [0.2, 0.25) is 10.6 Å². The van der Waals surface area contributed by atoms with Crippen molar-refractivity contribution in [2.75, 3.05) is 51.1 Å². The second kappa shape index (κ2) is 22.5. The summed E-state index contributed by atoms with van der Waals surface area (Å²) in [6, 6.07) is 1.68. The smallest absolute Gasteiger partial charge is 0.416 e. The Morgan fingerprint density at radius 1 is 0.941 bits per heavy atom. The molecule has 0 spiro atoms. The third-order valence-electron chi connectivity index (χ3n) is 11.5. The Kier molecular flexibility index (Phi) is 18.1. The number of amides is 1. The van der Waals surface area contributed by atoms with E-state index in [1.165, 1.54) is 4.80 Å². The summed E-state index contributed by atoms with van der Waals surface area (Å²) in [4.78, 5) is 26.0. The number of tetrazole rings is 1. The van der Waals surface area contributed by atoms with Crippen molar-refractivity contribution >= 4 is 58.3 Å². The first-order valence-electron chi connectivity index (χ1n) is 23.8. The summed E-state index contributed by atoms with van der Waals surface area (Å²) >= 11 is 6.68. The van der Waals surface area contributed by atoms with Crippen LogP contribution in [0.3, 0.4) is 0 Å². The van der Waals surface area contributed by atoms with Gasteiger partial charge in [0.15, 0.2) is 36.0 Å². The van der Waals surface area contributed by atoms with E-state index in [1.807, 2.05) is 34.6 Å². The number of carbonyl (C=O) groups excluding carboxylic acids is 1. The summed E-state index contributed by atoms with van der Waals surface area (Å²) in [6.45, 7) is 26.6. The zero-order chi connectivity index (χ0) is 49.7. The lowest BCUT2D eigenvalue weighted by Crippen LogP contribution is -2.47. The molecule has 5 heterocycles. The molecule has 25 heteroatoms. The van der Waals surface area contributed by atoms with Crippen LogP contribution in [0.4, 0.5) is 10.6 Å². The molecule has 68 heavy (non-hydrogen) atoms. The third kappa shape index (κ3) is 14.1. The number of aromatic nitrogens is 8. The van der Waals surface area contributed by atoms with Crippen molar-refractivity contribution in [2.45, 2.75) is 186 Å². The van der Waals surface area contributed by atoms with Gasteiger partial charge in [0.1, 0.15) is 30.5 Å². The fourth-order valence-electron chi connectivity index (χ4n) is 8.16. The lowest BCUT2D eigenvalue weighted by molar-refractivity contribution is -0.209. The second-order valence-corrected chi connectivity index (χ2v) is 35.3. The zero-order valence-corrected chi connectivity index (χ0v) is 46.0. The summed E-state index contributed by atoms with van der Waals surface area (Å²) in [5, 5.41) is 16.1. The average molecular weight is 1030 g/mol. The first-order valence-corrected chi connectivity index (χ1v) is 33.2. The molecule has 2 saturated heterocycles. The third-order valence-corrected chi connectivity index (χ3v) is 17.6. The van der Waals surface area contributed by atoms with E-state index in [1.54, 1.807) is 29.6 Å². The Balaban J connectivity index is 1.30. The minimum absolute atomic E-state index is 0.0492. The van der Waals surface area contributed by atoms with Gasteiger partial charge >= 0.3 is 13.7 Å². The molecule has 1 unspecified atom stereocenters. The highest BCUT2D eigenvalue weighted by Crippen LogP contribution is 2.61. The minimum Gasteiger partial charge on any atom is -0.443 e. The normalized spacial score (nSPS) is 22.3. The van der Waals surface area contributed by atoms with Crippen LogP contribution < -0.4 is 4.90 Å². The van der Waals surface area contributed by atoms with Crippen molar-refractivity contribution in [2.24, 2.45) is 0 Å². The van der Waals surface area contributed by atoms with E-state index in [0.717, 1.165) is 37.8 Å². The molecule has 6 rings (SSSR count). The van der Waals surface area contributed by atoms with Crippen molar-refractivity contribution in [3.8, 4) is 0 Å². The average Bonchev–Trinajstić information content (AvgIpc) is 4.07. The first-order chi connectivity index (χ1) is 31.9. The molecular weight excluding hydrogens is 957 g/mol. The Hall–Kier alpha value is -2.52. The van der Waals surface area contributed by atoms with Crippen LogP contribution in [-0.2, 0) is 64.8 Å². The maximum atomic E-state index is 15.2. The Morgan fingerprint density at radius 2 is 1.57 bits per heavy atom. The molecule has 3 fully saturated rings. The van der Waals surface area contributed by atoms with Crippen LogP contribution in [0.15, 0.2) is 6.20 Å². The SMILES string of the molecule is CCOP(=O)(OCC)C(COCC[Si](C)(C)C)(COCc1nnn(COCC[Si](C)(C)C)n1)OC[C@H]1O[C@@H](n2ncc3c(N(C(=O)OC(C)(C)C)C4CCCC4)nc(Cl)nc32)[C@@H]2OC(C)(C)O[C@@H]21. The highest BCUT2D eigenvalue weighted by atomic mass is 35.5. The number of hydrogen-bond donors (Lipinski definition) is 0. The monoisotopic (exact) mass is 1030 g/mol. The van der Waals surface area contributed by atoms with Crippen LogP contribution in [0.2, 0.25) is 56.7 Å². The van der Waals surface area contributed by atoms with Crippen molar-refractivity contribution in [1.29, 1.82) is 0 Å². The van der Waals surface area contributed by atoms with Gasteiger partial charge in [0.05, 0.1) is 44.6 Å². The molecule has 1 aliphatic carbocycles. The van der Waals surface area contributed by atoms with Crippen molar-refractivity contribution in [3.05, 3.63) is 17.3 Å². The van der Waals surface area contributed by atoms with E-state index >= 15 is 4.57 Å².